The molecule has 23 heavy (non-hydrogen) atoms. The third-order valence-electron chi connectivity index (χ3n) is 3.82. The van der Waals surface area contributed by atoms with Crippen LogP contribution in [0.4, 0.5) is 14.7 Å². The van der Waals surface area contributed by atoms with E-state index in [9.17, 15) is 13.6 Å². The molecular formula is C16H15F2N3O2. The minimum Gasteiger partial charge on any atom is -0.435 e. The lowest BCUT2D eigenvalue weighted by molar-refractivity contribution is -0.119. The van der Waals surface area contributed by atoms with Crippen LogP contribution in [0, 0.1) is 5.92 Å². The van der Waals surface area contributed by atoms with Gasteiger partial charge in [-0.3, -0.25) is 9.69 Å². The van der Waals surface area contributed by atoms with Crippen molar-refractivity contribution in [3.63, 3.8) is 0 Å². The van der Waals surface area contributed by atoms with Gasteiger partial charge in [0.05, 0.1) is 0 Å². The first-order chi connectivity index (χ1) is 11.1. The molecule has 1 fully saturated rings. The maximum absolute atomic E-state index is 12.4. The van der Waals surface area contributed by atoms with E-state index in [4.69, 9.17) is 0 Å². The molecular weight excluding hydrogens is 304 g/mol. The molecule has 1 amide bonds. The topological polar surface area (TPSA) is 55.3 Å². The summed E-state index contributed by atoms with van der Waals surface area (Å²) >= 11 is 0. The van der Waals surface area contributed by atoms with Gasteiger partial charge in [-0.1, -0.05) is 12.1 Å². The van der Waals surface area contributed by atoms with Gasteiger partial charge in [0.2, 0.25) is 11.9 Å². The highest BCUT2D eigenvalue weighted by molar-refractivity contribution is 5.95. The summed E-state index contributed by atoms with van der Waals surface area (Å²) in [5.74, 6) is 0.389. The van der Waals surface area contributed by atoms with Gasteiger partial charge in [-0.05, 0) is 36.1 Å². The summed E-state index contributed by atoms with van der Waals surface area (Å²) in [6.07, 6.45) is 3.89. The van der Waals surface area contributed by atoms with Crippen LogP contribution < -0.4 is 9.64 Å². The molecule has 1 aromatic heterocycles. The molecule has 1 aliphatic rings. The van der Waals surface area contributed by atoms with Gasteiger partial charge in [0.15, 0.2) is 0 Å². The minimum atomic E-state index is -2.84. The Balaban J connectivity index is 1.63. The minimum absolute atomic E-state index is 0.0471. The maximum Gasteiger partial charge on any atom is 0.387 e. The Kier molecular flexibility index (Phi) is 4.18. The van der Waals surface area contributed by atoms with Crippen LogP contribution in [0.15, 0.2) is 42.7 Å². The summed E-state index contributed by atoms with van der Waals surface area (Å²) < 4.78 is 28.6. The second kappa shape index (κ2) is 6.28. The van der Waals surface area contributed by atoms with Crippen LogP contribution in [0.5, 0.6) is 5.75 Å². The largest absolute Gasteiger partial charge is 0.435 e. The fourth-order valence-electron chi connectivity index (χ4n) is 2.54. The zero-order valence-corrected chi connectivity index (χ0v) is 12.4. The number of anilines is 1. The van der Waals surface area contributed by atoms with Gasteiger partial charge < -0.3 is 4.74 Å². The van der Waals surface area contributed by atoms with Crippen LogP contribution in [-0.2, 0) is 4.79 Å². The third-order valence-corrected chi connectivity index (χ3v) is 3.82. The smallest absolute Gasteiger partial charge is 0.387 e. The molecule has 0 N–H and O–H groups in total. The Labute approximate surface area is 131 Å². The van der Waals surface area contributed by atoms with Crippen molar-refractivity contribution < 1.29 is 18.3 Å². The molecule has 120 valence electrons. The summed E-state index contributed by atoms with van der Waals surface area (Å²) in [5, 5.41) is 0. The number of halogens is 2. The highest BCUT2D eigenvalue weighted by Gasteiger charge is 2.45. The fourth-order valence-corrected chi connectivity index (χ4v) is 2.54. The van der Waals surface area contributed by atoms with Crippen molar-refractivity contribution in [1.82, 2.24) is 9.97 Å². The Bertz CT molecular complexity index is 679. The van der Waals surface area contributed by atoms with E-state index in [2.05, 4.69) is 14.7 Å². The molecule has 0 saturated heterocycles. The Morgan fingerprint density at radius 1 is 1.26 bits per heavy atom. The second-order valence-corrected chi connectivity index (χ2v) is 5.34. The molecule has 3 rings (SSSR count). The predicted molar refractivity (Wildman–Crippen MR) is 79.4 cm³/mol. The highest BCUT2D eigenvalue weighted by atomic mass is 19.3. The van der Waals surface area contributed by atoms with E-state index in [1.165, 1.54) is 17.0 Å². The first-order valence-corrected chi connectivity index (χ1v) is 7.15. The van der Waals surface area contributed by atoms with E-state index in [1.807, 2.05) is 0 Å². The molecule has 0 radical (unpaired) electrons. The maximum atomic E-state index is 12.4. The van der Waals surface area contributed by atoms with Gasteiger partial charge >= 0.3 is 6.61 Å². The first-order valence-electron chi connectivity index (χ1n) is 7.15. The highest BCUT2D eigenvalue weighted by Crippen LogP contribution is 2.48. The number of ether oxygens (including phenoxy) is 1. The molecule has 5 nitrogen and oxygen atoms in total. The lowest BCUT2D eigenvalue weighted by Crippen LogP contribution is -2.29. The number of nitrogens with zero attached hydrogens (tertiary/aromatic N) is 3. The molecule has 2 atom stereocenters. The molecule has 0 bridgehead atoms. The van der Waals surface area contributed by atoms with Crippen molar-refractivity contribution in [3.05, 3.63) is 48.3 Å². The Morgan fingerprint density at radius 3 is 2.52 bits per heavy atom. The lowest BCUT2D eigenvalue weighted by atomic mass is 10.1. The van der Waals surface area contributed by atoms with Crippen LogP contribution in [0.1, 0.15) is 17.9 Å². The monoisotopic (exact) mass is 319 g/mol. The van der Waals surface area contributed by atoms with Gasteiger partial charge in [-0.15, -0.1) is 0 Å². The van der Waals surface area contributed by atoms with Crippen molar-refractivity contribution in [2.45, 2.75) is 19.0 Å². The van der Waals surface area contributed by atoms with Crippen LogP contribution in [0.2, 0.25) is 0 Å². The van der Waals surface area contributed by atoms with Crippen molar-refractivity contribution in [2.75, 3.05) is 11.9 Å². The predicted octanol–water partition coefficient (Wildman–Crippen LogP) is 2.84. The summed E-state index contributed by atoms with van der Waals surface area (Å²) in [7, 11) is 1.65. The lowest BCUT2D eigenvalue weighted by Gasteiger charge is -2.14. The van der Waals surface area contributed by atoms with Crippen molar-refractivity contribution in [1.29, 1.82) is 0 Å². The molecule has 1 heterocycles. The molecule has 0 unspecified atom stereocenters. The molecule has 1 aromatic carbocycles. The summed E-state index contributed by atoms with van der Waals surface area (Å²) in [4.78, 5) is 22.0. The fraction of sp³-hybridized carbons (Fsp3) is 0.312. The molecule has 7 heteroatoms. The van der Waals surface area contributed by atoms with Gasteiger partial charge in [-0.2, -0.15) is 8.78 Å². The average Bonchev–Trinajstić information content (AvgIpc) is 3.35. The van der Waals surface area contributed by atoms with E-state index in [0.29, 0.717) is 5.95 Å². The van der Waals surface area contributed by atoms with E-state index in [1.54, 1.807) is 37.6 Å². The first kappa shape index (κ1) is 15.3. The van der Waals surface area contributed by atoms with Crippen LogP contribution >= 0.6 is 0 Å². The number of amides is 1. The molecule has 0 aliphatic heterocycles. The summed E-state index contributed by atoms with van der Waals surface area (Å²) in [6.45, 7) is -2.84. The van der Waals surface area contributed by atoms with E-state index < -0.39 is 6.61 Å². The number of alkyl halides is 2. The van der Waals surface area contributed by atoms with Crippen LogP contribution in [0.3, 0.4) is 0 Å². The van der Waals surface area contributed by atoms with E-state index >= 15 is 0 Å². The zero-order valence-electron chi connectivity index (χ0n) is 12.4. The van der Waals surface area contributed by atoms with Gasteiger partial charge in [0.1, 0.15) is 5.75 Å². The zero-order chi connectivity index (χ0) is 16.4. The molecule has 1 aliphatic carbocycles. The normalized spacial score (nSPS) is 19.5. The molecule has 0 spiro atoms. The number of hydrogen-bond donors (Lipinski definition) is 0. The van der Waals surface area contributed by atoms with Gasteiger partial charge in [-0.25, -0.2) is 9.97 Å². The number of carbonyl (C=O) groups is 1. The van der Waals surface area contributed by atoms with Crippen molar-refractivity contribution in [2.24, 2.45) is 5.92 Å². The average molecular weight is 319 g/mol. The van der Waals surface area contributed by atoms with E-state index in [-0.39, 0.29) is 23.5 Å². The Hall–Kier alpha value is -2.57. The van der Waals surface area contributed by atoms with Crippen molar-refractivity contribution in [3.8, 4) is 5.75 Å². The SMILES string of the molecule is CN(C(=O)[C@@H]1C[C@H]1c1ccc(OC(F)F)cc1)c1ncccn1. The summed E-state index contributed by atoms with van der Waals surface area (Å²) in [5.41, 5.74) is 0.937. The quantitative estimate of drug-likeness (QED) is 0.850. The molecule has 2 aromatic rings. The number of carbonyl (C=O) groups excluding carboxylic acids is 1. The van der Waals surface area contributed by atoms with Gasteiger partial charge in [0.25, 0.3) is 0 Å². The second-order valence-electron chi connectivity index (χ2n) is 5.34. The third kappa shape index (κ3) is 3.44. The van der Waals surface area contributed by atoms with Crippen molar-refractivity contribution >= 4 is 11.9 Å². The number of rotatable bonds is 5. The van der Waals surface area contributed by atoms with Gasteiger partial charge in [0, 0.05) is 25.4 Å². The standard InChI is InChI=1S/C16H15F2N3O2/c1-21(16-19-7-2-8-20-16)14(22)13-9-12(13)10-3-5-11(6-4-10)23-15(17)18/h2-8,12-13,15H,9H2,1H3/t12-,13+/m0/s1. The Morgan fingerprint density at radius 2 is 1.91 bits per heavy atom. The van der Waals surface area contributed by atoms with E-state index in [0.717, 1.165) is 12.0 Å². The molecule has 1 saturated carbocycles. The van der Waals surface area contributed by atoms with Crippen LogP contribution in [0.25, 0.3) is 0 Å². The number of hydrogen-bond acceptors (Lipinski definition) is 4. The van der Waals surface area contributed by atoms with Crippen LogP contribution in [-0.4, -0.2) is 29.5 Å². The summed E-state index contributed by atoms with van der Waals surface area (Å²) in [6, 6.07) is 8.10. The number of benzene rings is 1. The number of aromatic nitrogens is 2.